The molecule has 42 heavy (non-hydrogen) atoms. The molecule has 0 saturated carbocycles. The average Bonchev–Trinajstić information content (AvgIpc) is 3.03. The van der Waals surface area contributed by atoms with Crippen LogP contribution in [0.4, 0.5) is 0 Å². The summed E-state index contributed by atoms with van der Waals surface area (Å²) < 4.78 is 23.7. The van der Waals surface area contributed by atoms with Gasteiger partial charge in [-0.2, -0.15) is 0 Å². The molecular weight excluding hydrogens is 559 g/mol. The molecule has 0 amide bonds. The van der Waals surface area contributed by atoms with E-state index in [9.17, 15) is 0 Å². The van der Waals surface area contributed by atoms with Gasteiger partial charge in [0.1, 0.15) is 46.0 Å². The first-order valence-corrected chi connectivity index (χ1v) is 16.3. The highest BCUT2D eigenvalue weighted by Gasteiger charge is 2.41. The third-order valence-corrected chi connectivity index (χ3v) is 11.8. The van der Waals surface area contributed by atoms with E-state index in [-0.39, 0.29) is 0 Å². The van der Waals surface area contributed by atoms with Crippen LogP contribution in [0.5, 0.6) is 46.0 Å². The van der Waals surface area contributed by atoms with Crippen molar-refractivity contribution >= 4 is 33.8 Å². The van der Waals surface area contributed by atoms with Gasteiger partial charge < -0.3 is 18.9 Å². The Morgan fingerprint density at radius 1 is 0.405 bits per heavy atom. The van der Waals surface area contributed by atoms with Crippen LogP contribution < -0.4 is 34.9 Å². The van der Waals surface area contributed by atoms with Crippen LogP contribution in [0.15, 0.2) is 152 Å². The fourth-order valence-electron chi connectivity index (χ4n) is 5.04. The number of para-hydroxylation sites is 4. The van der Waals surface area contributed by atoms with Gasteiger partial charge in [0.05, 0.1) is 11.3 Å². The lowest BCUT2D eigenvalue weighted by Crippen LogP contribution is -2.34. The zero-order chi connectivity index (χ0) is 28.4. The Hall–Kier alpha value is -4.83. The summed E-state index contributed by atoms with van der Waals surface area (Å²) in [5.41, 5.74) is 0. The third kappa shape index (κ3) is 4.94. The van der Waals surface area contributed by atoms with Gasteiger partial charge in [0.2, 0.25) is 0 Å². The summed E-state index contributed by atoms with van der Waals surface area (Å²) in [5.74, 6) is 6.52. The minimum absolute atomic E-state index is 0.754. The number of rotatable bonds is 4. The predicted molar refractivity (Wildman–Crippen MR) is 172 cm³/mol. The van der Waals surface area contributed by atoms with E-state index in [1.807, 2.05) is 140 Å². The van der Waals surface area contributed by atoms with Crippen molar-refractivity contribution < 1.29 is 18.9 Å². The Kier molecular flexibility index (Phi) is 6.97. The van der Waals surface area contributed by atoms with Gasteiger partial charge in [-0.25, -0.2) is 0 Å². The van der Waals surface area contributed by atoms with Gasteiger partial charge in [-0.15, -0.1) is 0 Å². The molecule has 0 spiro atoms. The summed E-state index contributed by atoms with van der Waals surface area (Å²) in [6.07, 6.45) is 0. The first-order chi connectivity index (χ1) is 20.7. The van der Waals surface area contributed by atoms with Gasteiger partial charge in [0, 0.05) is 16.7 Å². The predicted octanol–water partition coefficient (Wildman–Crippen LogP) is 8.93. The molecule has 2 aliphatic rings. The second kappa shape index (κ2) is 11.2. The molecule has 2 heterocycles. The molecule has 0 aromatic heterocycles. The SMILES string of the molecule is S=P12c3ccccc3Oc3cccc(c31)Oc1ccccc12.c1ccc(Oc2cccc(Oc3ccccc3)c2)cc1. The molecule has 6 heteroatoms. The van der Waals surface area contributed by atoms with Crippen LogP contribution >= 0.6 is 6.04 Å². The molecule has 0 N–H and O–H groups in total. The van der Waals surface area contributed by atoms with Crippen LogP contribution in [0.1, 0.15) is 0 Å². The highest BCUT2D eigenvalue weighted by Crippen LogP contribution is 2.58. The zero-order valence-corrected chi connectivity index (χ0v) is 24.1. The normalized spacial score (nSPS) is 13.0. The third-order valence-electron chi connectivity index (χ3n) is 6.89. The Labute approximate surface area is 249 Å². The molecule has 0 saturated heterocycles. The summed E-state index contributed by atoms with van der Waals surface area (Å²) in [6.45, 7) is 0. The van der Waals surface area contributed by atoms with Crippen molar-refractivity contribution in [3.8, 4) is 46.0 Å². The number of fused-ring (bicyclic) bond motifs is 4. The van der Waals surface area contributed by atoms with Crippen LogP contribution in [0.3, 0.4) is 0 Å². The lowest BCUT2D eigenvalue weighted by atomic mass is 10.3. The van der Waals surface area contributed by atoms with E-state index >= 15 is 0 Å². The highest BCUT2D eigenvalue weighted by molar-refractivity contribution is 8.26. The van der Waals surface area contributed by atoms with Gasteiger partial charge in [-0.3, -0.25) is 0 Å². The van der Waals surface area contributed by atoms with Gasteiger partial charge in [0.25, 0.3) is 0 Å². The van der Waals surface area contributed by atoms with E-state index in [4.69, 9.17) is 30.8 Å². The minimum atomic E-state index is -2.13. The Balaban J connectivity index is 0.000000138. The lowest BCUT2D eigenvalue weighted by Gasteiger charge is -2.37. The van der Waals surface area contributed by atoms with E-state index in [0.29, 0.717) is 0 Å². The van der Waals surface area contributed by atoms with E-state index < -0.39 is 6.04 Å². The van der Waals surface area contributed by atoms with E-state index in [0.717, 1.165) is 61.9 Å². The van der Waals surface area contributed by atoms with Crippen LogP contribution in [0.2, 0.25) is 0 Å². The van der Waals surface area contributed by atoms with Crippen LogP contribution in [0, 0.1) is 0 Å². The van der Waals surface area contributed by atoms with E-state index in [1.54, 1.807) is 0 Å². The van der Waals surface area contributed by atoms with Crippen LogP contribution in [-0.2, 0) is 11.8 Å². The standard InChI is InChI=1S/C18H11O2PS.C18H14O2/c22-21-16-10-3-1-6-12(16)19-14-8-5-9-15(18(14)21)20-13-7-2-4-11-17(13)21;1-3-8-15(9-4-1)19-17-12-7-13-18(14-17)20-16-10-5-2-6-11-16/h1-11H;1-14H. The summed E-state index contributed by atoms with van der Waals surface area (Å²) in [6, 6.07) is 47.0. The first-order valence-electron chi connectivity index (χ1n) is 13.5. The second-order valence-electron chi connectivity index (χ2n) is 9.66. The summed E-state index contributed by atoms with van der Waals surface area (Å²) in [5, 5.41) is 3.27. The molecule has 0 unspecified atom stereocenters. The van der Waals surface area contributed by atoms with Crippen molar-refractivity contribution in [2.24, 2.45) is 0 Å². The summed E-state index contributed by atoms with van der Waals surface area (Å²) in [4.78, 5) is 0. The molecule has 0 radical (unpaired) electrons. The van der Waals surface area contributed by atoms with Gasteiger partial charge >= 0.3 is 0 Å². The van der Waals surface area contributed by atoms with E-state index in [1.165, 1.54) is 0 Å². The smallest absolute Gasteiger partial charge is 0.140 e. The van der Waals surface area contributed by atoms with Crippen molar-refractivity contribution in [2.75, 3.05) is 0 Å². The van der Waals surface area contributed by atoms with Crippen molar-refractivity contribution in [3.05, 3.63) is 152 Å². The Bertz CT molecular complexity index is 1800. The van der Waals surface area contributed by atoms with Crippen molar-refractivity contribution in [2.45, 2.75) is 0 Å². The first kappa shape index (κ1) is 26.1. The van der Waals surface area contributed by atoms with Crippen molar-refractivity contribution in [1.29, 1.82) is 0 Å². The fourth-order valence-corrected chi connectivity index (χ4v) is 9.54. The van der Waals surface area contributed by atoms with Gasteiger partial charge in [-0.1, -0.05) is 84.6 Å². The second-order valence-corrected chi connectivity index (χ2v) is 13.9. The molecule has 0 atom stereocenters. The van der Waals surface area contributed by atoms with Crippen molar-refractivity contribution in [3.63, 3.8) is 0 Å². The van der Waals surface area contributed by atoms with Crippen molar-refractivity contribution in [1.82, 2.24) is 0 Å². The number of hydrogen-bond acceptors (Lipinski definition) is 5. The number of benzene rings is 6. The fraction of sp³-hybridized carbons (Fsp3) is 0. The monoisotopic (exact) mass is 584 g/mol. The largest absolute Gasteiger partial charge is 0.457 e. The molecule has 6 aromatic carbocycles. The van der Waals surface area contributed by atoms with E-state index in [2.05, 4.69) is 12.1 Å². The lowest BCUT2D eigenvalue weighted by molar-refractivity contribution is 0.460. The molecule has 0 aliphatic carbocycles. The molecular formula is C36H25O4PS. The molecule has 6 aromatic rings. The maximum Gasteiger partial charge on any atom is 0.140 e. The highest BCUT2D eigenvalue weighted by atomic mass is 32.4. The minimum Gasteiger partial charge on any atom is -0.457 e. The average molecular weight is 585 g/mol. The number of hydrogen-bond donors (Lipinski definition) is 0. The molecule has 0 fully saturated rings. The summed E-state index contributed by atoms with van der Waals surface area (Å²) >= 11 is 6.31. The molecule has 4 nitrogen and oxygen atoms in total. The molecule has 2 aliphatic heterocycles. The van der Waals surface area contributed by atoms with Crippen LogP contribution in [0.25, 0.3) is 0 Å². The quantitative estimate of drug-likeness (QED) is 0.193. The van der Waals surface area contributed by atoms with Gasteiger partial charge in [0.15, 0.2) is 0 Å². The maximum absolute atomic E-state index is 6.31. The Morgan fingerprint density at radius 2 is 0.786 bits per heavy atom. The maximum atomic E-state index is 6.31. The topological polar surface area (TPSA) is 36.9 Å². The molecule has 204 valence electrons. The molecule has 8 rings (SSSR count). The number of ether oxygens (including phenoxy) is 4. The van der Waals surface area contributed by atoms with Gasteiger partial charge in [-0.05, 0) is 72.8 Å². The van der Waals surface area contributed by atoms with Crippen LogP contribution in [-0.4, -0.2) is 0 Å². The molecule has 0 bridgehead atoms. The zero-order valence-electron chi connectivity index (χ0n) is 22.4. The Morgan fingerprint density at radius 3 is 1.29 bits per heavy atom. The summed E-state index contributed by atoms with van der Waals surface area (Å²) in [7, 11) is 0.